The maximum Gasteiger partial charge on any atom is 0.252 e. The van der Waals surface area contributed by atoms with Crippen molar-refractivity contribution in [3.05, 3.63) is 39.3 Å². The molecule has 0 bridgehead atoms. The minimum Gasteiger partial charge on any atom is -0.493 e. The number of hydrogen-bond donors (Lipinski definition) is 2. The van der Waals surface area contributed by atoms with E-state index in [1.807, 2.05) is 43.3 Å². The van der Waals surface area contributed by atoms with Crippen molar-refractivity contribution >= 4 is 23.2 Å². The number of likely N-dealkylation sites (N-methyl/N-ethyl adjacent to an activating group) is 1. The fraction of sp³-hybridized carbons (Fsp3) is 0.421. The summed E-state index contributed by atoms with van der Waals surface area (Å²) in [6, 6.07) is 3.81. The van der Waals surface area contributed by atoms with Gasteiger partial charge in [0.05, 0.1) is 27.2 Å². The molecular formula is C19H26N4O4S. The van der Waals surface area contributed by atoms with Crippen molar-refractivity contribution in [3.8, 4) is 11.5 Å². The number of rotatable bonds is 8. The molecule has 0 aliphatic heterocycles. The second-order valence-electron chi connectivity index (χ2n) is 6.46. The number of amides is 2. The van der Waals surface area contributed by atoms with Crippen LogP contribution in [0.25, 0.3) is 0 Å². The van der Waals surface area contributed by atoms with E-state index in [0.29, 0.717) is 23.1 Å². The molecule has 0 fully saturated rings. The Morgan fingerprint density at radius 3 is 2.36 bits per heavy atom. The first-order chi connectivity index (χ1) is 13.3. The van der Waals surface area contributed by atoms with Crippen LogP contribution in [0.3, 0.4) is 0 Å². The van der Waals surface area contributed by atoms with Gasteiger partial charge in [0.15, 0.2) is 11.5 Å². The first-order valence-corrected chi connectivity index (χ1v) is 9.59. The highest BCUT2D eigenvalue weighted by Gasteiger charge is 2.13. The monoisotopic (exact) mass is 406 g/mol. The van der Waals surface area contributed by atoms with Gasteiger partial charge in [-0.25, -0.2) is 4.98 Å². The van der Waals surface area contributed by atoms with Crippen LogP contribution >= 0.6 is 11.3 Å². The van der Waals surface area contributed by atoms with Crippen LogP contribution in [0.15, 0.2) is 17.5 Å². The molecule has 2 aromatic rings. The summed E-state index contributed by atoms with van der Waals surface area (Å²) < 4.78 is 10.6. The molecule has 0 saturated heterocycles. The lowest BCUT2D eigenvalue weighted by molar-refractivity contribution is -0.129. The number of aryl methyl sites for hydroxylation is 2. The number of ether oxygens (including phenoxy) is 2. The van der Waals surface area contributed by atoms with Crippen LogP contribution in [-0.2, 0) is 22.6 Å². The summed E-state index contributed by atoms with van der Waals surface area (Å²) in [5.41, 5.74) is 7.79. The second kappa shape index (κ2) is 10.0. The van der Waals surface area contributed by atoms with Crippen molar-refractivity contribution in [1.82, 2.24) is 20.7 Å². The molecule has 0 radical (unpaired) electrons. The van der Waals surface area contributed by atoms with Crippen molar-refractivity contribution in [3.63, 3.8) is 0 Å². The third-order valence-electron chi connectivity index (χ3n) is 4.02. The Bertz CT molecular complexity index is 837. The molecule has 0 aliphatic rings. The van der Waals surface area contributed by atoms with E-state index in [-0.39, 0.29) is 24.8 Å². The molecule has 9 heteroatoms. The topological polar surface area (TPSA) is 92.8 Å². The average molecular weight is 407 g/mol. The van der Waals surface area contributed by atoms with Crippen molar-refractivity contribution in [1.29, 1.82) is 0 Å². The molecule has 0 atom stereocenters. The zero-order valence-corrected chi connectivity index (χ0v) is 17.6. The van der Waals surface area contributed by atoms with Crippen LogP contribution in [0.5, 0.6) is 11.5 Å². The lowest BCUT2D eigenvalue weighted by atomic mass is 10.1. The van der Waals surface area contributed by atoms with Gasteiger partial charge in [-0.05, 0) is 44.2 Å². The molecule has 152 valence electrons. The fourth-order valence-electron chi connectivity index (χ4n) is 2.63. The van der Waals surface area contributed by atoms with E-state index >= 15 is 0 Å². The highest BCUT2D eigenvalue weighted by atomic mass is 32.1. The van der Waals surface area contributed by atoms with Gasteiger partial charge >= 0.3 is 0 Å². The highest BCUT2D eigenvalue weighted by molar-refractivity contribution is 7.09. The number of nitrogens with zero attached hydrogens (tertiary/aromatic N) is 2. The zero-order chi connectivity index (χ0) is 20.7. The molecule has 2 N–H and O–H groups in total. The maximum absolute atomic E-state index is 12.1. The predicted molar refractivity (Wildman–Crippen MR) is 107 cm³/mol. The number of methoxy groups -OCH3 is 2. The third-order valence-corrected chi connectivity index (χ3v) is 4.98. The van der Waals surface area contributed by atoms with E-state index in [9.17, 15) is 9.59 Å². The quantitative estimate of drug-likeness (QED) is 0.647. The maximum atomic E-state index is 12.1. The van der Waals surface area contributed by atoms with E-state index in [4.69, 9.17) is 9.47 Å². The van der Waals surface area contributed by atoms with Gasteiger partial charge in [0.25, 0.3) is 5.91 Å². The highest BCUT2D eigenvalue weighted by Crippen LogP contribution is 2.30. The van der Waals surface area contributed by atoms with E-state index in [2.05, 4.69) is 15.8 Å². The summed E-state index contributed by atoms with van der Waals surface area (Å²) in [6.45, 7) is 4.53. The molecule has 0 saturated carbocycles. The summed E-state index contributed by atoms with van der Waals surface area (Å²) in [5, 5.41) is 2.59. The average Bonchev–Trinajstić information content (AvgIpc) is 3.05. The summed E-state index contributed by atoms with van der Waals surface area (Å²) in [7, 11) is 5.01. The van der Waals surface area contributed by atoms with E-state index < -0.39 is 0 Å². The lowest BCUT2D eigenvalue weighted by Crippen LogP contribution is -2.46. The Hall–Kier alpha value is -2.65. The van der Waals surface area contributed by atoms with Crippen LogP contribution in [0, 0.1) is 13.8 Å². The van der Waals surface area contributed by atoms with Gasteiger partial charge in [-0.2, -0.15) is 0 Å². The number of nitrogens with one attached hydrogen (secondary N) is 2. The summed E-state index contributed by atoms with van der Waals surface area (Å²) >= 11 is 1.42. The van der Waals surface area contributed by atoms with E-state index in [1.165, 1.54) is 11.3 Å². The minimum absolute atomic E-state index is 0.129. The van der Waals surface area contributed by atoms with Crippen molar-refractivity contribution < 1.29 is 19.1 Å². The van der Waals surface area contributed by atoms with Crippen molar-refractivity contribution in [2.45, 2.75) is 26.8 Å². The van der Waals surface area contributed by atoms with Gasteiger partial charge in [-0.15, -0.1) is 11.3 Å². The Balaban J connectivity index is 1.83. The first kappa shape index (κ1) is 21.6. The van der Waals surface area contributed by atoms with Gasteiger partial charge in [0, 0.05) is 17.6 Å². The summed E-state index contributed by atoms with van der Waals surface area (Å²) in [4.78, 5) is 30.0. The van der Waals surface area contributed by atoms with Gasteiger partial charge in [-0.3, -0.25) is 25.3 Å². The molecule has 8 nitrogen and oxygen atoms in total. The smallest absolute Gasteiger partial charge is 0.252 e. The molecule has 2 rings (SSSR count). The van der Waals surface area contributed by atoms with Crippen LogP contribution in [0.1, 0.15) is 21.8 Å². The van der Waals surface area contributed by atoms with Gasteiger partial charge < -0.3 is 9.47 Å². The molecule has 0 spiro atoms. The molecule has 1 aromatic heterocycles. The Labute approximate surface area is 168 Å². The number of hydrogen-bond acceptors (Lipinski definition) is 7. The van der Waals surface area contributed by atoms with Crippen LogP contribution < -0.4 is 20.3 Å². The number of carbonyl (C=O) groups excluding carboxylic acids is 2. The molecule has 2 amide bonds. The van der Waals surface area contributed by atoms with E-state index in [1.54, 1.807) is 14.2 Å². The number of aromatic nitrogens is 1. The van der Waals surface area contributed by atoms with Crippen molar-refractivity contribution in [2.24, 2.45) is 0 Å². The number of carbonyl (C=O) groups is 2. The first-order valence-electron chi connectivity index (χ1n) is 8.71. The van der Waals surface area contributed by atoms with Gasteiger partial charge in [0.2, 0.25) is 5.91 Å². The Morgan fingerprint density at radius 2 is 1.75 bits per heavy atom. The molecule has 0 aliphatic carbocycles. The van der Waals surface area contributed by atoms with Crippen LogP contribution in [0.2, 0.25) is 0 Å². The second-order valence-corrected chi connectivity index (χ2v) is 7.40. The zero-order valence-electron chi connectivity index (χ0n) is 16.8. The Morgan fingerprint density at radius 1 is 1.11 bits per heavy atom. The van der Waals surface area contributed by atoms with Crippen LogP contribution in [-0.4, -0.2) is 49.5 Å². The molecule has 28 heavy (non-hydrogen) atoms. The number of benzene rings is 1. The number of thiazole rings is 1. The summed E-state index contributed by atoms with van der Waals surface area (Å²) in [6.07, 6.45) is 0.138. The largest absolute Gasteiger partial charge is 0.493 e. The minimum atomic E-state index is -0.305. The van der Waals surface area contributed by atoms with Gasteiger partial charge in [-0.1, -0.05) is 0 Å². The molecular weight excluding hydrogens is 380 g/mol. The van der Waals surface area contributed by atoms with Gasteiger partial charge in [0.1, 0.15) is 5.01 Å². The molecule has 1 heterocycles. The predicted octanol–water partition coefficient (Wildman–Crippen LogP) is 1.60. The lowest BCUT2D eigenvalue weighted by Gasteiger charge is -2.19. The summed E-state index contributed by atoms with van der Waals surface area (Å²) in [5.74, 6) is 0.707. The SMILES string of the molecule is COc1cc(C)c(CN(C)CC(=O)NNC(=O)Cc2nc(C)cs2)cc1OC. The van der Waals surface area contributed by atoms with Crippen LogP contribution in [0.4, 0.5) is 0 Å². The normalized spacial score (nSPS) is 10.6. The van der Waals surface area contributed by atoms with Crippen molar-refractivity contribution in [2.75, 3.05) is 27.8 Å². The molecule has 1 aromatic carbocycles. The standard InChI is InChI=1S/C19H26N4O4S/c1-12-6-15(26-4)16(27-5)7-14(12)9-23(3)10-18(25)22-21-17(24)8-19-20-13(2)11-28-19/h6-7,11H,8-10H2,1-5H3,(H,21,24)(H,22,25). The van der Waals surface area contributed by atoms with E-state index in [0.717, 1.165) is 16.8 Å². The fourth-order valence-corrected chi connectivity index (χ4v) is 3.40. The molecule has 0 unspecified atom stereocenters. The third kappa shape index (κ3) is 6.21. The number of hydrazine groups is 1. The Kier molecular flexibility index (Phi) is 7.77.